The lowest BCUT2D eigenvalue weighted by Crippen LogP contribution is -1.95. The van der Waals surface area contributed by atoms with Crippen molar-refractivity contribution in [3.63, 3.8) is 0 Å². The van der Waals surface area contributed by atoms with Gasteiger partial charge in [0.15, 0.2) is 6.29 Å². The van der Waals surface area contributed by atoms with E-state index in [1.165, 1.54) is 13.2 Å². The minimum atomic E-state index is -0.572. The fourth-order valence-corrected chi connectivity index (χ4v) is 0.949. The first-order valence-electron chi connectivity index (χ1n) is 3.77. The number of anilines is 1. The van der Waals surface area contributed by atoms with Gasteiger partial charge < -0.3 is 10.5 Å². The highest BCUT2D eigenvalue weighted by Crippen LogP contribution is 2.24. The molecule has 4 heteroatoms. The number of nitrogens with two attached hydrogens (primary N) is 1. The van der Waals surface area contributed by atoms with Gasteiger partial charge in [0.2, 0.25) is 0 Å². The van der Waals surface area contributed by atoms with Crippen LogP contribution in [0.1, 0.15) is 5.56 Å². The zero-order valence-corrected chi connectivity index (χ0v) is 7.50. The number of carbonyl (C=O) groups excluding carboxylic acids is 1. The van der Waals surface area contributed by atoms with Gasteiger partial charge in [-0.05, 0) is 5.92 Å². The van der Waals surface area contributed by atoms with Crippen molar-refractivity contribution < 1.29 is 13.9 Å². The van der Waals surface area contributed by atoms with Gasteiger partial charge in [0.05, 0.1) is 18.4 Å². The maximum Gasteiger partial charge on any atom is 0.193 e. The smallest absolute Gasteiger partial charge is 0.193 e. The lowest BCUT2D eigenvalue weighted by atomic mass is 10.2. The molecule has 72 valence electrons. The first kappa shape index (κ1) is 10.1. The van der Waals surface area contributed by atoms with Crippen LogP contribution in [0.2, 0.25) is 0 Å². The van der Waals surface area contributed by atoms with Crippen LogP contribution in [0.4, 0.5) is 10.1 Å². The molecule has 0 atom stereocenters. The summed E-state index contributed by atoms with van der Waals surface area (Å²) in [6.07, 6.45) is 0.391. The van der Waals surface area contributed by atoms with E-state index in [1.54, 1.807) is 0 Å². The van der Waals surface area contributed by atoms with Crippen molar-refractivity contribution in [2.45, 2.75) is 0 Å². The standard InChI is InChI=1S/C10H8FNO2/c1-14-10-5-7(3-2-4-13)8(11)6-9(10)12/h4-6H,12H2,1H3. The molecule has 2 N–H and O–H groups in total. The van der Waals surface area contributed by atoms with E-state index in [9.17, 15) is 9.18 Å². The van der Waals surface area contributed by atoms with Crippen molar-refractivity contribution >= 4 is 12.0 Å². The number of aldehydes is 1. The second kappa shape index (κ2) is 4.28. The maximum atomic E-state index is 13.1. The molecule has 3 nitrogen and oxygen atoms in total. The van der Waals surface area contributed by atoms with Gasteiger partial charge in [0, 0.05) is 12.1 Å². The normalized spacial score (nSPS) is 8.71. The number of hydrogen-bond acceptors (Lipinski definition) is 3. The third kappa shape index (κ3) is 2.02. The molecule has 1 aromatic carbocycles. The second-order valence-electron chi connectivity index (χ2n) is 2.46. The number of halogens is 1. The van der Waals surface area contributed by atoms with E-state index in [4.69, 9.17) is 10.5 Å². The van der Waals surface area contributed by atoms with E-state index < -0.39 is 5.82 Å². The van der Waals surface area contributed by atoms with Gasteiger partial charge in [-0.1, -0.05) is 5.92 Å². The van der Waals surface area contributed by atoms with Crippen molar-refractivity contribution in [1.29, 1.82) is 0 Å². The van der Waals surface area contributed by atoms with Crippen molar-refractivity contribution in [2.75, 3.05) is 12.8 Å². The summed E-state index contributed by atoms with van der Waals surface area (Å²) in [5.74, 6) is 4.21. The molecule has 0 amide bonds. The Balaban J connectivity index is 3.23. The molecule has 0 aliphatic rings. The summed E-state index contributed by atoms with van der Waals surface area (Å²) in [4.78, 5) is 9.96. The summed E-state index contributed by atoms with van der Waals surface area (Å²) in [5.41, 5.74) is 5.73. The first-order chi connectivity index (χ1) is 6.69. The van der Waals surface area contributed by atoms with Gasteiger partial charge in [-0.15, -0.1) is 0 Å². The second-order valence-corrected chi connectivity index (χ2v) is 2.46. The topological polar surface area (TPSA) is 52.3 Å². The van der Waals surface area contributed by atoms with Crippen LogP contribution < -0.4 is 10.5 Å². The highest BCUT2D eigenvalue weighted by atomic mass is 19.1. The molecule has 14 heavy (non-hydrogen) atoms. The summed E-state index contributed by atoms with van der Waals surface area (Å²) in [6, 6.07) is 2.45. The zero-order valence-electron chi connectivity index (χ0n) is 7.50. The third-order valence-corrected chi connectivity index (χ3v) is 1.59. The van der Waals surface area contributed by atoms with Crippen LogP contribution in [0.25, 0.3) is 0 Å². The number of benzene rings is 1. The molecule has 0 fully saturated rings. The third-order valence-electron chi connectivity index (χ3n) is 1.59. The maximum absolute atomic E-state index is 13.1. The summed E-state index contributed by atoms with van der Waals surface area (Å²) in [7, 11) is 1.42. The number of ether oxygens (including phenoxy) is 1. The molecule has 0 spiro atoms. The fourth-order valence-electron chi connectivity index (χ4n) is 0.949. The van der Waals surface area contributed by atoms with Crippen LogP contribution >= 0.6 is 0 Å². The average Bonchev–Trinajstić information content (AvgIpc) is 2.17. The predicted octanol–water partition coefficient (Wildman–Crippen LogP) is 0.967. The van der Waals surface area contributed by atoms with E-state index in [-0.39, 0.29) is 11.3 Å². The van der Waals surface area contributed by atoms with E-state index in [2.05, 4.69) is 11.8 Å². The summed E-state index contributed by atoms with van der Waals surface area (Å²) in [6.45, 7) is 0. The quantitative estimate of drug-likeness (QED) is 0.410. The predicted molar refractivity (Wildman–Crippen MR) is 50.3 cm³/mol. The summed E-state index contributed by atoms with van der Waals surface area (Å²) < 4.78 is 18.0. The Kier molecular flexibility index (Phi) is 3.08. The summed E-state index contributed by atoms with van der Waals surface area (Å²) >= 11 is 0. The van der Waals surface area contributed by atoms with Crippen LogP contribution in [0.3, 0.4) is 0 Å². The Bertz CT molecular complexity index is 418. The highest BCUT2D eigenvalue weighted by Gasteiger charge is 2.05. The Labute approximate surface area is 80.7 Å². The molecule has 0 bridgehead atoms. The minimum Gasteiger partial charge on any atom is -0.495 e. The Morgan fingerprint density at radius 1 is 1.57 bits per heavy atom. The summed E-state index contributed by atoms with van der Waals surface area (Å²) in [5, 5.41) is 0. The van der Waals surface area contributed by atoms with E-state index >= 15 is 0 Å². The molecule has 1 aromatic rings. The number of hydrogen-bond donors (Lipinski definition) is 1. The molecule has 0 radical (unpaired) electrons. The lowest BCUT2D eigenvalue weighted by molar-refractivity contribution is -0.103. The molecule has 0 aliphatic carbocycles. The van der Waals surface area contributed by atoms with Crippen LogP contribution in [0.5, 0.6) is 5.75 Å². The fraction of sp³-hybridized carbons (Fsp3) is 0.100. The first-order valence-corrected chi connectivity index (χ1v) is 3.77. The van der Waals surface area contributed by atoms with Crippen molar-refractivity contribution in [3.05, 3.63) is 23.5 Å². The van der Waals surface area contributed by atoms with Crippen LogP contribution in [-0.4, -0.2) is 13.4 Å². The molecule has 0 heterocycles. The van der Waals surface area contributed by atoms with Gasteiger partial charge in [-0.3, -0.25) is 4.79 Å². The van der Waals surface area contributed by atoms with Gasteiger partial charge in [0.25, 0.3) is 0 Å². The molecule has 0 saturated carbocycles. The number of rotatable bonds is 1. The van der Waals surface area contributed by atoms with Gasteiger partial charge >= 0.3 is 0 Å². The van der Waals surface area contributed by atoms with Gasteiger partial charge in [0.1, 0.15) is 11.6 Å². The highest BCUT2D eigenvalue weighted by molar-refractivity contribution is 5.74. The van der Waals surface area contributed by atoms with Gasteiger partial charge in [-0.2, -0.15) is 0 Å². The molecule has 0 aromatic heterocycles. The van der Waals surface area contributed by atoms with Crippen molar-refractivity contribution in [1.82, 2.24) is 0 Å². The molecular weight excluding hydrogens is 185 g/mol. The van der Waals surface area contributed by atoms with Gasteiger partial charge in [-0.25, -0.2) is 4.39 Å². The molecule has 0 saturated heterocycles. The average molecular weight is 193 g/mol. The van der Waals surface area contributed by atoms with Crippen molar-refractivity contribution in [3.8, 4) is 17.6 Å². The monoisotopic (exact) mass is 193 g/mol. The Morgan fingerprint density at radius 2 is 2.29 bits per heavy atom. The lowest BCUT2D eigenvalue weighted by Gasteiger charge is -2.04. The molecule has 0 aliphatic heterocycles. The van der Waals surface area contributed by atoms with Crippen LogP contribution in [0.15, 0.2) is 12.1 Å². The SMILES string of the molecule is COc1cc(C#CC=O)c(F)cc1N. The number of methoxy groups -OCH3 is 1. The van der Waals surface area contributed by atoms with E-state index in [0.717, 1.165) is 6.07 Å². The Hall–Kier alpha value is -2.02. The van der Waals surface area contributed by atoms with E-state index in [1.807, 2.05) is 0 Å². The van der Waals surface area contributed by atoms with Crippen LogP contribution in [0, 0.1) is 17.7 Å². The van der Waals surface area contributed by atoms with E-state index in [0.29, 0.717) is 12.0 Å². The minimum absolute atomic E-state index is 0.0863. The molecule has 0 unspecified atom stereocenters. The van der Waals surface area contributed by atoms with Crippen LogP contribution in [-0.2, 0) is 4.79 Å². The largest absolute Gasteiger partial charge is 0.495 e. The Morgan fingerprint density at radius 3 is 2.86 bits per heavy atom. The number of carbonyl (C=O) groups is 1. The molecular formula is C10H8FNO2. The van der Waals surface area contributed by atoms with Crippen molar-refractivity contribution in [2.24, 2.45) is 0 Å². The molecule has 1 rings (SSSR count). The zero-order chi connectivity index (χ0) is 10.6. The number of nitrogen functional groups attached to an aromatic ring is 1.